The molecular weight excluding hydrogens is 284 g/mol. The Morgan fingerprint density at radius 2 is 1.82 bits per heavy atom. The molecule has 126 valence electrons. The van der Waals surface area contributed by atoms with Crippen molar-refractivity contribution in [3.8, 4) is 0 Å². The summed E-state index contributed by atoms with van der Waals surface area (Å²) >= 11 is 0. The number of hydrogen-bond acceptors (Lipinski definition) is 4. The fourth-order valence-electron chi connectivity index (χ4n) is 3.46. The van der Waals surface area contributed by atoms with E-state index >= 15 is 0 Å². The smallest absolute Gasteiger partial charge is 0.407 e. The molecule has 2 N–H and O–H groups in total. The van der Waals surface area contributed by atoms with Crippen LogP contribution in [0.4, 0.5) is 4.79 Å². The van der Waals surface area contributed by atoms with E-state index in [2.05, 4.69) is 10.2 Å². The lowest BCUT2D eigenvalue weighted by atomic mass is 9.91. The molecule has 2 atom stereocenters. The van der Waals surface area contributed by atoms with Gasteiger partial charge in [-0.15, -0.1) is 0 Å². The predicted octanol–water partition coefficient (Wildman–Crippen LogP) is 2.23. The van der Waals surface area contributed by atoms with E-state index in [9.17, 15) is 14.7 Å². The third-order valence-electron chi connectivity index (χ3n) is 4.50. The Kier molecular flexibility index (Phi) is 5.32. The van der Waals surface area contributed by atoms with Gasteiger partial charge in [0.25, 0.3) is 0 Å². The molecule has 1 saturated heterocycles. The second kappa shape index (κ2) is 6.86. The Labute approximate surface area is 132 Å². The van der Waals surface area contributed by atoms with Gasteiger partial charge >= 0.3 is 12.1 Å². The second-order valence-electron chi connectivity index (χ2n) is 7.42. The first kappa shape index (κ1) is 17.1. The zero-order chi connectivity index (χ0) is 16.3. The zero-order valence-electron chi connectivity index (χ0n) is 13.8. The van der Waals surface area contributed by atoms with Crippen LogP contribution in [0.5, 0.6) is 0 Å². The van der Waals surface area contributed by atoms with Crippen molar-refractivity contribution in [2.45, 2.75) is 70.6 Å². The molecule has 0 aromatic carbocycles. The Hall–Kier alpha value is -1.30. The van der Waals surface area contributed by atoms with Gasteiger partial charge < -0.3 is 15.2 Å². The monoisotopic (exact) mass is 312 g/mol. The molecule has 2 rings (SSSR count). The molecule has 6 nitrogen and oxygen atoms in total. The molecule has 1 aliphatic heterocycles. The van der Waals surface area contributed by atoms with Crippen LogP contribution < -0.4 is 5.32 Å². The van der Waals surface area contributed by atoms with Crippen LogP contribution in [-0.4, -0.2) is 52.8 Å². The topological polar surface area (TPSA) is 78.9 Å². The summed E-state index contributed by atoms with van der Waals surface area (Å²) in [6.07, 6.45) is 4.93. The lowest BCUT2D eigenvalue weighted by Gasteiger charge is -2.40. The number of nitrogens with one attached hydrogen (secondary N) is 1. The maximum Gasteiger partial charge on any atom is 0.407 e. The highest BCUT2D eigenvalue weighted by molar-refractivity contribution is 5.74. The number of carbonyl (C=O) groups excluding carboxylic acids is 1. The van der Waals surface area contributed by atoms with Crippen LogP contribution in [0, 0.1) is 5.92 Å². The number of ether oxygens (including phenoxy) is 1. The maximum atomic E-state index is 11.9. The Bertz CT molecular complexity index is 413. The minimum atomic E-state index is -0.844. The van der Waals surface area contributed by atoms with E-state index < -0.39 is 23.6 Å². The third kappa shape index (κ3) is 4.60. The van der Waals surface area contributed by atoms with E-state index in [4.69, 9.17) is 4.74 Å². The van der Waals surface area contributed by atoms with Gasteiger partial charge in [-0.2, -0.15) is 0 Å². The van der Waals surface area contributed by atoms with Crippen molar-refractivity contribution in [3.63, 3.8) is 0 Å². The molecule has 0 unspecified atom stereocenters. The van der Waals surface area contributed by atoms with Crippen molar-refractivity contribution in [1.82, 2.24) is 10.2 Å². The average molecular weight is 312 g/mol. The third-order valence-corrected chi connectivity index (χ3v) is 4.50. The maximum absolute atomic E-state index is 11.9. The fraction of sp³-hybridized carbons (Fsp3) is 0.875. The Balaban J connectivity index is 1.94. The molecule has 6 heteroatoms. The highest BCUT2D eigenvalue weighted by atomic mass is 16.6. The summed E-state index contributed by atoms with van der Waals surface area (Å²) in [5.41, 5.74) is -0.576. The van der Waals surface area contributed by atoms with E-state index in [0.29, 0.717) is 19.0 Å². The van der Waals surface area contributed by atoms with Gasteiger partial charge in [0.1, 0.15) is 5.60 Å². The number of nitrogens with zero attached hydrogens (tertiary/aromatic N) is 1. The van der Waals surface area contributed by atoms with Crippen LogP contribution in [0.3, 0.4) is 0 Å². The molecule has 1 saturated carbocycles. The molecule has 1 aliphatic carbocycles. The molecule has 0 aromatic rings. The van der Waals surface area contributed by atoms with Gasteiger partial charge in [-0.05, 0) is 40.0 Å². The van der Waals surface area contributed by atoms with Crippen LogP contribution in [0.2, 0.25) is 0 Å². The molecule has 2 fully saturated rings. The van der Waals surface area contributed by atoms with Gasteiger partial charge in [-0.1, -0.05) is 12.8 Å². The highest BCUT2D eigenvalue weighted by Crippen LogP contribution is 2.28. The molecular formula is C16H28N2O4. The number of rotatable bonds is 3. The van der Waals surface area contributed by atoms with Gasteiger partial charge in [-0.25, -0.2) is 4.79 Å². The van der Waals surface area contributed by atoms with E-state index in [1.165, 1.54) is 12.8 Å². The van der Waals surface area contributed by atoms with Gasteiger partial charge in [0, 0.05) is 25.2 Å². The minimum Gasteiger partial charge on any atom is -0.481 e. The molecule has 0 spiro atoms. The number of amides is 1. The summed E-state index contributed by atoms with van der Waals surface area (Å²) in [7, 11) is 0. The Morgan fingerprint density at radius 3 is 2.36 bits per heavy atom. The number of piperidine rings is 1. The van der Waals surface area contributed by atoms with Crippen molar-refractivity contribution in [2.75, 3.05) is 13.1 Å². The molecule has 1 amide bonds. The predicted molar refractivity (Wildman–Crippen MR) is 82.7 cm³/mol. The fourth-order valence-corrected chi connectivity index (χ4v) is 3.46. The Morgan fingerprint density at radius 1 is 1.18 bits per heavy atom. The van der Waals surface area contributed by atoms with Crippen LogP contribution in [0.25, 0.3) is 0 Å². The largest absolute Gasteiger partial charge is 0.481 e. The molecule has 0 radical (unpaired) electrons. The quantitative estimate of drug-likeness (QED) is 0.835. The molecule has 2 aliphatic rings. The number of likely N-dealkylation sites (tertiary alicyclic amines) is 1. The van der Waals surface area contributed by atoms with E-state index in [1.54, 1.807) is 20.8 Å². The summed E-state index contributed by atoms with van der Waals surface area (Å²) in [6, 6.07) is 0.161. The molecule has 0 aromatic heterocycles. The SMILES string of the molecule is CC(C)(C)OC(=O)N[C@@H]1CCN(C2CCCC2)C[C@H]1C(=O)O. The van der Waals surface area contributed by atoms with Gasteiger partial charge in [0.15, 0.2) is 0 Å². The van der Waals surface area contributed by atoms with Crippen LogP contribution in [0.15, 0.2) is 0 Å². The number of carbonyl (C=O) groups is 2. The molecule has 1 heterocycles. The van der Waals surface area contributed by atoms with Crippen molar-refractivity contribution >= 4 is 12.1 Å². The second-order valence-corrected chi connectivity index (χ2v) is 7.42. The number of carboxylic acid groups (broad SMARTS) is 1. The lowest BCUT2D eigenvalue weighted by Crippen LogP contribution is -2.55. The first-order valence-corrected chi connectivity index (χ1v) is 8.22. The average Bonchev–Trinajstić information content (AvgIpc) is 2.90. The number of carboxylic acids is 1. The van der Waals surface area contributed by atoms with Crippen LogP contribution in [-0.2, 0) is 9.53 Å². The van der Waals surface area contributed by atoms with E-state index in [-0.39, 0.29) is 6.04 Å². The van der Waals surface area contributed by atoms with E-state index in [1.807, 2.05) is 0 Å². The normalized spacial score (nSPS) is 27.6. The summed E-state index contributed by atoms with van der Waals surface area (Å²) in [4.78, 5) is 25.8. The first-order chi connectivity index (χ1) is 10.3. The number of aliphatic carboxylic acids is 1. The van der Waals surface area contributed by atoms with Crippen molar-refractivity contribution in [1.29, 1.82) is 0 Å². The lowest BCUT2D eigenvalue weighted by molar-refractivity contribution is -0.145. The van der Waals surface area contributed by atoms with Crippen molar-refractivity contribution < 1.29 is 19.4 Å². The number of alkyl carbamates (subject to hydrolysis) is 1. The van der Waals surface area contributed by atoms with Crippen LogP contribution >= 0.6 is 0 Å². The summed E-state index contributed by atoms with van der Waals surface area (Å²) in [6.45, 7) is 6.74. The summed E-state index contributed by atoms with van der Waals surface area (Å²) < 4.78 is 5.24. The van der Waals surface area contributed by atoms with Gasteiger partial charge in [-0.3, -0.25) is 9.69 Å². The van der Waals surface area contributed by atoms with Gasteiger partial charge in [0.05, 0.1) is 5.92 Å². The number of hydrogen-bond donors (Lipinski definition) is 2. The minimum absolute atomic E-state index is 0.356. The highest BCUT2D eigenvalue weighted by Gasteiger charge is 2.38. The van der Waals surface area contributed by atoms with Crippen molar-refractivity contribution in [3.05, 3.63) is 0 Å². The molecule has 0 bridgehead atoms. The summed E-state index contributed by atoms with van der Waals surface area (Å²) in [5, 5.41) is 12.2. The van der Waals surface area contributed by atoms with Crippen molar-refractivity contribution in [2.24, 2.45) is 5.92 Å². The standard InChI is InChI=1S/C16H28N2O4/c1-16(2,3)22-15(21)17-13-8-9-18(10-12(13)14(19)20)11-6-4-5-7-11/h11-13H,4-10H2,1-3H3,(H,17,21)(H,19,20)/t12-,13-/m1/s1. The first-order valence-electron chi connectivity index (χ1n) is 8.22. The zero-order valence-corrected chi connectivity index (χ0v) is 13.8. The van der Waals surface area contributed by atoms with Gasteiger partial charge in [0.2, 0.25) is 0 Å². The molecule has 22 heavy (non-hydrogen) atoms. The van der Waals surface area contributed by atoms with Crippen LogP contribution in [0.1, 0.15) is 52.9 Å². The van der Waals surface area contributed by atoms with E-state index in [0.717, 1.165) is 19.4 Å². The summed E-state index contributed by atoms with van der Waals surface area (Å²) in [5.74, 6) is -1.41.